The van der Waals surface area contributed by atoms with Gasteiger partial charge in [-0.2, -0.15) is 0 Å². The summed E-state index contributed by atoms with van der Waals surface area (Å²) in [6.07, 6.45) is 1.50. The largest absolute Gasteiger partial charge is 0.454 e. The lowest BCUT2D eigenvalue weighted by Gasteiger charge is -2.08. The van der Waals surface area contributed by atoms with Gasteiger partial charge in [-0.25, -0.2) is 4.79 Å². The molecule has 0 bridgehead atoms. The average Bonchev–Trinajstić information content (AvgIpc) is 3.17. The van der Waals surface area contributed by atoms with Gasteiger partial charge in [-0.05, 0) is 23.8 Å². The molecule has 0 unspecified atom stereocenters. The first kappa shape index (κ1) is 19.8. The van der Waals surface area contributed by atoms with Crippen molar-refractivity contribution in [3.8, 4) is 11.3 Å². The van der Waals surface area contributed by atoms with Crippen LogP contribution in [0, 0.1) is 0 Å². The number of fused-ring (bicyclic) bond motifs is 1. The third kappa shape index (κ3) is 3.82. The van der Waals surface area contributed by atoms with E-state index in [0.29, 0.717) is 16.2 Å². The van der Waals surface area contributed by atoms with E-state index in [1.54, 1.807) is 24.3 Å². The van der Waals surface area contributed by atoms with Crippen molar-refractivity contribution in [3.63, 3.8) is 0 Å². The highest BCUT2D eigenvalue weighted by atomic mass is 32.2. The van der Waals surface area contributed by atoms with Crippen molar-refractivity contribution in [3.05, 3.63) is 90.0 Å². The smallest absolute Gasteiger partial charge is 0.339 e. The molecule has 0 saturated carbocycles. The molecule has 150 valence electrons. The second-order valence-electron chi connectivity index (χ2n) is 6.74. The maximum atomic E-state index is 13.1. The predicted octanol–water partition coefficient (Wildman–Crippen LogP) is 4.61. The monoisotopic (exact) mass is 417 g/mol. The molecule has 4 aromatic rings. The first-order chi connectivity index (χ1) is 14.6. The lowest BCUT2D eigenvalue weighted by molar-refractivity contribution is 0.0471. The number of benzene rings is 3. The first-order valence-corrected chi connectivity index (χ1v) is 10.9. The second-order valence-corrected chi connectivity index (χ2v) is 8.08. The summed E-state index contributed by atoms with van der Waals surface area (Å²) in [6.45, 7) is -0.412. The van der Waals surface area contributed by atoms with Crippen LogP contribution >= 0.6 is 0 Å². The molecular formula is C24H19NO4S. The van der Waals surface area contributed by atoms with Crippen LogP contribution in [-0.4, -0.2) is 33.8 Å². The van der Waals surface area contributed by atoms with E-state index in [2.05, 4.69) is 4.98 Å². The van der Waals surface area contributed by atoms with Crippen molar-refractivity contribution >= 4 is 33.5 Å². The molecule has 0 spiro atoms. The van der Waals surface area contributed by atoms with Gasteiger partial charge in [0.25, 0.3) is 0 Å². The van der Waals surface area contributed by atoms with E-state index in [-0.39, 0.29) is 11.3 Å². The number of carbonyl (C=O) groups excluding carboxylic acids is 2. The minimum atomic E-state index is -1.34. The van der Waals surface area contributed by atoms with Gasteiger partial charge in [-0.3, -0.25) is 9.00 Å². The van der Waals surface area contributed by atoms with E-state index < -0.39 is 23.4 Å². The SMILES string of the molecule is C[S@](=O)c1ccccc1C(=O)OCC(=O)c1c(-c2ccccc2)[nH]c2ccccc12. The van der Waals surface area contributed by atoms with Crippen LogP contribution in [0.15, 0.2) is 83.8 Å². The van der Waals surface area contributed by atoms with Crippen LogP contribution in [0.1, 0.15) is 20.7 Å². The van der Waals surface area contributed by atoms with Crippen LogP contribution in [0.5, 0.6) is 0 Å². The number of ketones is 1. The third-order valence-electron chi connectivity index (χ3n) is 4.80. The first-order valence-electron chi connectivity index (χ1n) is 9.35. The summed E-state index contributed by atoms with van der Waals surface area (Å²) in [5.41, 5.74) is 3.08. The summed E-state index contributed by atoms with van der Waals surface area (Å²) < 4.78 is 17.2. The lowest BCUT2D eigenvalue weighted by Crippen LogP contribution is -2.16. The minimum absolute atomic E-state index is 0.202. The van der Waals surface area contributed by atoms with Gasteiger partial charge in [0.05, 0.1) is 32.5 Å². The highest BCUT2D eigenvalue weighted by molar-refractivity contribution is 7.84. The maximum Gasteiger partial charge on any atom is 0.339 e. The fourth-order valence-electron chi connectivity index (χ4n) is 3.42. The molecule has 1 heterocycles. The molecule has 0 aliphatic heterocycles. The van der Waals surface area contributed by atoms with E-state index >= 15 is 0 Å². The summed E-state index contributed by atoms with van der Waals surface area (Å²) in [6, 6.07) is 23.6. The fraction of sp³-hybridized carbons (Fsp3) is 0.0833. The number of ether oxygens (including phenoxy) is 1. The Kier molecular flexibility index (Phi) is 5.59. The van der Waals surface area contributed by atoms with Crippen LogP contribution in [0.25, 0.3) is 22.2 Å². The molecule has 30 heavy (non-hydrogen) atoms. The summed E-state index contributed by atoms with van der Waals surface area (Å²) in [4.78, 5) is 29.3. The van der Waals surface area contributed by atoms with Crippen molar-refractivity contribution in [2.75, 3.05) is 12.9 Å². The molecule has 5 nitrogen and oxygen atoms in total. The van der Waals surface area contributed by atoms with Crippen LogP contribution in [0.3, 0.4) is 0 Å². The Hall–Kier alpha value is -3.51. The summed E-state index contributed by atoms with van der Waals surface area (Å²) in [5.74, 6) is -0.981. The molecule has 3 aromatic carbocycles. The third-order valence-corrected chi connectivity index (χ3v) is 5.77. The molecule has 0 amide bonds. The predicted molar refractivity (Wildman–Crippen MR) is 117 cm³/mol. The lowest BCUT2D eigenvalue weighted by atomic mass is 10.0. The molecule has 0 fully saturated rings. The molecule has 4 rings (SSSR count). The molecule has 0 aliphatic rings. The summed E-state index contributed by atoms with van der Waals surface area (Å²) in [7, 11) is -1.34. The molecule has 1 N–H and O–H groups in total. The zero-order chi connectivity index (χ0) is 21.1. The van der Waals surface area contributed by atoms with Crippen molar-refractivity contribution in [2.24, 2.45) is 0 Å². The van der Waals surface area contributed by atoms with Crippen molar-refractivity contribution in [1.29, 1.82) is 0 Å². The molecule has 0 radical (unpaired) electrons. The van der Waals surface area contributed by atoms with Crippen LogP contribution < -0.4 is 0 Å². The number of H-pyrrole nitrogens is 1. The molecule has 1 atom stereocenters. The zero-order valence-electron chi connectivity index (χ0n) is 16.3. The van der Waals surface area contributed by atoms with Gasteiger partial charge < -0.3 is 9.72 Å². The van der Waals surface area contributed by atoms with Gasteiger partial charge in [-0.15, -0.1) is 0 Å². The van der Waals surface area contributed by atoms with Gasteiger partial charge in [0.1, 0.15) is 0 Å². The zero-order valence-corrected chi connectivity index (χ0v) is 17.1. The molecule has 0 aliphatic carbocycles. The van der Waals surface area contributed by atoms with E-state index in [9.17, 15) is 13.8 Å². The average molecular weight is 417 g/mol. The topological polar surface area (TPSA) is 76.2 Å². The number of rotatable bonds is 6. The number of hydrogen-bond acceptors (Lipinski definition) is 4. The number of carbonyl (C=O) groups is 2. The number of aromatic nitrogens is 1. The quantitative estimate of drug-likeness (QED) is 0.367. The molecular weight excluding hydrogens is 398 g/mol. The number of para-hydroxylation sites is 1. The van der Waals surface area contributed by atoms with Crippen LogP contribution in [0.4, 0.5) is 0 Å². The highest BCUT2D eigenvalue weighted by Crippen LogP contribution is 2.30. The highest BCUT2D eigenvalue weighted by Gasteiger charge is 2.22. The Balaban J connectivity index is 1.65. The number of esters is 1. The van der Waals surface area contributed by atoms with E-state index in [4.69, 9.17) is 4.74 Å². The van der Waals surface area contributed by atoms with E-state index in [0.717, 1.165) is 16.5 Å². The van der Waals surface area contributed by atoms with Gasteiger partial charge in [-0.1, -0.05) is 60.7 Å². The van der Waals surface area contributed by atoms with Crippen molar-refractivity contribution in [1.82, 2.24) is 4.98 Å². The normalized spacial score (nSPS) is 11.9. The van der Waals surface area contributed by atoms with Gasteiger partial charge in [0.15, 0.2) is 6.61 Å². The van der Waals surface area contributed by atoms with Gasteiger partial charge in [0.2, 0.25) is 5.78 Å². The number of hydrogen-bond donors (Lipinski definition) is 1. The molecule has 0 saturated heterocycles. The Labute approximate surface area is 176 Å². The Bertz CT molecular complexity index is 1260. The van der Waals surface area contributed by atoms with Crippen molar-refractivity contribution in [2.45, 2.75) is 4.90 Å². The number of aromatic amines is 1. The summed E-state index contributed by atoms with van der Waals surface area (Å²) >= 11 is 0. The van der Waals surface area contributed by atoms with Gasteiger partial charge >= 0.3 is 5.97 Å². The van der Waals surface area contributed by atoms with Crippen LogP contribution in [-0.2, 0) is 15.5 Å². The number of nitrogens with one attached hydrogen (secondary N) is 1. The second kappa shape index (κ2) is 8.47. The fourth-order valence-corrected chi connectivity index (χ4v) is 4.15. The van der Waals surface area contributed by atoms with Gasteiger partial charge in [0, 0.05) is 17.2 Å². The Morgan fingerprint density at radius 2 is 1.57 bits per heavy atom. The molecule has 6 heteroatoms. The van der Waals surface area contributed by atoms with E-state index in [1.807, 2.05) is 54.6 Å². The van der Waals surface area contributed by atoms with Crippen LogP contribution in [0.2, 0.25) is 0 Å². The standard InChI is InChI=1S/C24H19NO4S/c1-30(28)21-14-8-6-12-18(21)24(27)29-15-20(26)22-17-11-5-7-13-19(17)25-23(22)16-9-3-2-4-10-16/h2-14,25H,15H2,1H3/t30-/m0/s1. The minimum Gasteiger partial charge on any atom is -0.454 e. The summed E-state index contributed by atoms with van der Waals surface area (Å²) in [5, 5.41) is 0.771. The maximum absolute atomic E-state index is 13.1. The number of Topliss-reactive ketones (excluding diaryl/α,β-unsaturated/α-hetero) is 1. The van der Waals surface area contributed by atoms with Crippen molar-refractivity contribution < 1.29 is 18.5 Å². The van der Waals surface area contributed by atoms with E-state index in [1.165, 1.54) is 6.26 Å². The molecule has 1 aromatic heterocycles. The Morgan fingerprint density at radius 3 is 2.33 bits per heavy atom. The Morgan fingerprint density at radius 1 is 0.900 bits per heavy atom.